The molecule has 0 saturated carbocycles. The molecule has 5 nitrogen and oxygen atoms in total. The van der Waals surface area contributed by atoms with Crippen LogP contribution in [0.4, 0.5) is 0 Å². The van der Waals surface area contributed by atoms with Crippen LogP contribution >= 0.6 is 0 Å². The van der Waals surface area contributed by atoms with Gasteiger partial charge in [-0.3, -0.25) is 9.69 Å². The van der Waals surface area contributed by atoms with E-state index in [-0.39, 0.29) is 6.54 Å². The zero-order valence-corrected chi connectivity index (χ0v) is 13.0. The summed E-state index contributed by atoms with van der Waals surface area (Å²) in [4.78, 5) is 18.1. The van der Waals surface area contributed by atoms with Crippen LogP contribution in [0, 0.1) is 0 Å². The second kappa shape index (κ2) is 6.72. The van der Waals surface area contributed by atoms with Gasteiger partial charge in [-0.15, -0.1) is 0 Å². The largest absolute Gasteiger partial charge is 0.480 e. The highest BCUT2D eigenvalue weighted by atomic mass is 16.4. The number of rotatable bonds is 7. The summed E-state index contributed by atoms with van der Waals surface area (Å²) >= 11 is 0. The van der Waals surface area contributed by atoms with Gasteiger partial charge in [0.05, 0.1) is 17.6 Å². The van der Waals surface area contributed by atoms with Crippen molar-refractivity contribution in [2.24, 2.45) is 0 Å². The number of hydrogen-bond donors (Lipinski definition) is 1. The molecule has 21 heavy (non-hydrogen) atoms. The molecule has 1 N–H and O–H groups in total. The summed E-state index contributed by atoms with van der Waals surface area (Å²) in [7, 11) is 0. The predicted molar refractivity (Wildman–Crippen MR) is 83.4 cm³/mol. The van der Waals surface area contributed by atoms with Crippen LogP contribution in [0.15, 0.2) is 18.2 Å². The number of carbonyl (C=O) groups is 1. The van der Waals surface area contributed by atoms with E-state index >= 15 is 0 Å². The number of carboxylic acid groups (broad SMARTS) is 1. The van der Waals surface area contributed by atoms with Crippen molar-refractivity contribution in [2.75, 3.05) is 13.1 Å². The summed E-state index contributed by atoms with van der Waals surface area (Å²) < 4.78 is 1.81. The van der Waals surface area contributed by atoms with Gasteiger partial charge in [0.1, 0.15) is 12.4 Å². The number of nitrogens with zero attached hydrogens (tertiary/aromatic N) is 3. The Morgan fingerprint density at radius 1 is 1.29 bits per heavy atom. The summed E-state index contributed by atoms with van der Waals surface area (Å²) in [6, 6.07) is 6.08. The molecule has 0 radical (unpaired) electrons. The van der Waals surface area contributed by atoms with Crippen LogP contribution in [0.1, 0.15) is 32.2 Å². The normalized spacial score (nSPS) is 11.4. The first kappa shape index (κ1) is 15.5. The van der Waals surface area contributed by atoms with Crippen LogP contribution in [0.3, 0.4) is 0 Å². The summed E-state index contributed by atoms with van der Waals surface area (Å²) in [5.74, 6) is -0.0148. The van der Waals surface area contributed by atoms with Crippen LogP contribution in [0.2, 0.25) is 0 Å². The van der Waals surface area contributed by atoms with Crippen LogP contribution < -0.4 is 0 Å². The van der Waals surface area contributed by atoms with Crippen molar-refractivity contribution < 1.29 is 9.90 Å². The Morgan fingerprint density at radius 2 is 2.00 bits per heavy atom. The molecule has 114 valence electrons. The molecule has 0 amide bonds. The lowest BCUT2D eigenvalue weighted by molar-refractivity contribution is -0.137. The molecule has 0 bridgehead atoms. The molecule has 0 aliphatic rings. The van der Waals surface area contributed by atoms with Gasteiger partial charge in [0.2, 0.25) is 0 Å². The fourth-order valence-electron chi connectivity index (χ4n) is 2.52. The van der Waals surface area contributed by atoms with Crippen molar-refractivity contribution in [3.63, 3.8) is 0 Å². The highest BCUT2D eigenvalue weighted by Crippen LogP contribution is 2.19. The quantitative estimate of drug-likeness (QED) is 0.851. The van der Waals surface area contributed by atoms with E-state index in [1.807, 2.05) is 16.7 Å². The van der Waals surface area contributed by atoms with Crippen LogP contribution in [0.5, 0.6) is 0 Å². The lowest BCUT2D eigenvalue weighted by atomic mass is 10.1. The average Bonchev–Trinajstić information content (AvgIpc) is 2.80. The van der Waals surface area contributed by atoms with Crippen molar-refractivity contribution >= 4 is 17.0 Å². The lowest BCUT2D eigenvalue weighted by Gasteiger charge is -2.18. The van der Waals surface area contributed by atoms with E-state index in [2.05, 4.69) is 36.7 Å². The topological polar surface area (TPSA) is 58.4 Å². The number of aromatic nitrogens is 2. The van der Waals surface area contributed by atoms with E-state index in [4.69, 9.17) is 5.11 Å². The third kappa shape index (κ3) is 3.42. The maximum Gasteiger partial charge on any atom is 0.323 e. The lowest BCUT2D eigenvalue weighted by Crippen LogP contribution is -2.25. The minimum absolute atomic E-state index is 0.0431. The van der Waals surface area contributed by atoms with Crippen molar-refractivity contribution in [1.82, 2.24) is 14.5 Å². The third-order valence-corrected chi connectivity index (χ3v) is 3.85. The fraction of sp³-hybridized carbons (Fsp3) is 0.500. The Morgan fingerprint density at radius 3 is 2.57 bits per heavy atom. The van der Waals surface area contributed by atoms with Crippen LogP contribution in [-0.2, 0) is 24.3 Å². The van der Waals surface area contributed by atoms with Crippen molar-refractivity contribution in [3.8, 4) is 0 Å². The Hall–Kier alpha value is -1.88. The van der Waals surface area contributed by atoms with Gasteiger partial charge in [-0.25, -0.2) is 4.98 Å². The molecule has 1 aromatic heterocycles. The molecule has 0 saturated heterocycles. The van der Waals surface area contributed by atoms with Gasteiger partial charge in [-0.05, 0) is 37.2 Å². The van der Waals surface area contributed by atoms with Crippen molar-refractivity contribution in [2.45, 2.75) is 40.3 Å². The molecule has 0 unspecified atom stereocenters. The standard InChI is InChI=1S/C16H23N3O2/c1-4-12-7-8-14-13(9-12)17-15(10-18(5-2)6-3)19(14)11-16(20)21/h7-9H,4-6,10-11H2,1-3H3,(H,20,21). The van der Waals surface area contributed by atoms with E-state index in [0.717, 1.165) is 36.4 Å². The summed E-state index contributed by atoms with van der Waals surface area (Å²) in [6.07, 6.45) is 0.951. The number of carboxylic acids is 1. The Bertz CT molecular complexity index is 630. The second-order valence-electron chi connectivity index (χ2n) is 5.15. The molecule has 0 aliphatic carbocycles. The van der Waals surface area contributed by atoms with E-state index in [1.165, 1.54) is 5.56 Å². The van der Waals surface area contributed by atoms with Gasteiger partial charge in [-0.1, -0.05) is 26.8 Å². The highest BCUT2D eigenvalue weighted by molar-refractivity contribution is 5.79. The molecular weight excluding hydrogens is 266 g/mol. The first-order valence-corrected chi connectivity index (χ1v) is 7.51. The van der Waals surface area contributed by atoms with Gasteiger partial charge >= 0.3 is 5.97 Å². The molecule has 0 fully saturated rings. The molecule has 2 aromatic rings. The maximum atomic E-state index is 11.1. The summed E-state index contributed by atoms with van der Waals surface area (Å²) in [6.45, 7) is 8.78. The number of aryl methyl sites for hydroxylation is 1. The summed E-state index contributed by atoms with van der Waals surface area (Å²) in [5.41, 5.74) is 3.01. The third-order valence-electron chi connectivity index (χ3n) is 3.85. The van der Waals surface area contributed by atoms with E-state index < -0.39 is 5.97 Å². The van der Waals surface area contributed by atoms with Crippen LogP contribution in [-0.4, -0.2) is 38.6 Å². The first-order valence-electron chi connectivity index (χ1n) is 7.51. The minimum Gasteiger partial charge on any atom is -0.480 e. The molecule has 2 rings (SSSR count). The van der Waals surface area contributed by atoms with Gasteiger partial charge in [0, 0.05) is 0 Å². The SMILES string of the molecule is CCc1ccc2c(c1)nc(CN(CC)CC)n2CC(=O)O. The van der Waals surface area contributed by atoms with Crippen LogP contribution in [0.25, 0.3) is 11.0 Å². The van der Waals surface area contributed by atoms with Crippen molar-refractivity contribution in [3.05, 3.63) is 29.6 Å². The molecule has 0 spiro atoms. The predicted octanol–water partition coefficient (Wildman–Crippen LogP) is 2.53. The van der Waals surface area contributed by atoms with E-state index in [1.54, 1.807) is 0 Å². The molecular formula is C16H23N3O2. The number of fused-ring (bicyclic) bond motifs is 1. The molecule has 0 aliphatic heterocycles. The monoisotopic (exact) mass is 289 g/mol. The Labute approximate surface area is 125 Å². The fourth-order valence-corrected chi connectivity index (χ4v) is 2.52. The molecule has 1 heterocycles. The smallest absolute Gasteiger partial charge is 0.323 e. The van der Waals surface area contributed by atoms with Crippen molar-refractivity contribution in [1.29, 1.82) is 0 Å². The van der Waals surface area contributed by atoms with E-state index in [9.17, 15) is 4.79 Å². The van der Waals surface area contributed by atoms with Gasteiger partial charge in [0.15, 0.2) is 0 Å². The van der Waals surface area contributed by atoms with Gasteiger partial charge in [-0.2, -0.15) is 0 Å². The summed E-state index contributed by atoms with van der Waals surface area (Å²) in [5, 5.41) is 9.16. The number of aliphatic carboxylic acids is 1. The number of benzene rings is 1. The zero-order valence-electron chi connectivity index (χ0n) is 13.0. The minimum atomic E-state index is -0.838. The maximum absolute atomic E-state index is 11.1. The first-order chi connectivity index (χ1) is 10.1. The Balaban J connectivity index is 2.48. The van der Waals surface area contributed by atoms with E-state index in [0.29, 0.717) is 6.54 Å². The zero-order chi connectivity index (χ0) is 15.4. The number of imidazole rings is 1. The Kier molecular flexibility index (Phi) is 4.96. The second-order valence-corrected chi connectivity index (χ2v) is 5.15. The molecule has 0 atom stereocenters. The van der Waals surface area contributed by atoms with Gasteiger partial charge < -0.3 is 9.67 Å². The van der Waals surface area contributed by atoms with Gasteiger partial charge in [0.25, 0.3) is 0 Å². The highest BCUT2D eigenvalue weighted by Gasteiger charge is 2.15. The molecule has 5 heteroatoms. The number of hydrogen-bond acceptors (Lipinski definition) is 3. The molecule has 1 aromatic carbocycles. The average molecular weight is 289 g/mol.